The van der Waals surface area contributed by atoms with Gasteiger partial charge in [-0.2, -0.15) is 4.31 Å². The van der Waals surface area contributed by atoms with Gasteiger partial charge >= 0.3 is 0 Å². The molecule has 0 radical (unpaired) electrons. The Hall–Kier alpha value is -2.90. The number of amides is 1. The topological polar surface area (TPSA) is 75.7 Å². The van der Waals surface area contributed by atoms with Crippen molar-refractivity contribution in [2.45, 2.75) is 18.4 Å². The highest BCUT2D eigenvalue weighted by atomic mass is 32.2. The molecule has 0 saturated carbocycles. The molecule has 0 bridgehead atoms. The molecule has 6 nitrogen and oxygen atoms in total. The third-order valence-electron chi connectivity index (χ3n) is 4.49. The minimum absolute atomic E-state index is 0.163. The molecule has 152 valence electrons. The summed E-state index contributed by atoms with van der Waals surface area (Å²) >= 11 is 0. The van der Waals surface area contributed by atoms with Crippen molar-refractivity contribution in [3.8, 4) is 5.75 Å². The molecule has 0 heterocycles. The number of fused-ring (bicyclic) bond motifs is 1. The van der Waals surface area contributed by atoms with Crippen LogP contribution in [0.25, 0.3) is 10.8 Å². The first kappa shape index (κ1) is 20.8. The lowest BCUT2D eigenvalue weighted by molar-refractivity contribution is -0.121. The molecule has 0 aliphatic rings. The van der Waals surface area contributed by atoms with Crippen molar-refractivity contribution >= 4 is 26.7 Å². The maximum absolute atomic E-state index is 12.8. The quantitative estimate of drug-likeness (QED) is 0.617. The molecule has 1 amide bonds. The van der Waals surface area contributed by atoms with Crippen LogP contribution in [0.15, 0.2) is 71.6 Å². The first-order chi connectivity index (χ1) is 13.9. The second kappa shape index (κ2) is 9.07. The number of hydrogen-bond acceptors (Lipinski definition) is 4. The van der Waals surface area contributed by atoms with Gasteiger partial charge in [0.25, 0.3) is 0 Å². The van der Waals surface area contributed by atoms with Crippen LogP contribution in [-0.4, -0.2) is 38.8 Å². The van der Waals surface area contributed by atoms with Gasteiger partial charge in [0.1, 0.15) is 5.75 Å². The van der Waals surface area contributed by atoms with Crippen molar-refractivity contribution in [2.24, 2.45) is 0 Å². The monoisotopic (exact) mass is 412 g/mol. The average molecular weight is 413 g/mol. The molecule has 0 atom stereocenters. The van der Waals surface area contributed by atoms with E-state index in [4.69, 9.17) is 4.74 Å². The van der Waals surface area contributed by atoms with Gasteiger partial charge in [-0.3, -0.25) is 4.79 Å². The van der Waals surface area contributed by atoms with E-state index >= 15 is 0 Å². The Morgan fingerprint density at radius 1 is 1.00 bits per heavy atom. The van der Waals surface area contributed by atoms with E-state index in [9.17, 15) is 13.2 Å². The lowest BCUT2D eigenvalue weighted by Crippen LogP contribution is -2.38. The van der Waals surface area contributed by atoms with Crippen molar-refractivity contribution in [2.75, 3.05) is 20.2 Å². The number of sulfonamides is 1. The fraction of sp³-hybridized carbons (Fsp3) is 0.227. The van der Waals surface area contributed by atoms with E-state index in [0.717, 1.165) is 26.4 Å². The van der Waals surface area contributed by atoms with Gasteiger partial charge in [0.2, 0.25) is 15.9 Å². The summed E-state index contributed by atoms with van der Waals surface area (Å²) in [5, 5.41) is 4.55. The van der Waals surface area contributed by atoms with Gasteiger partial charge in [0.05, 0.1) is 18.0 Å². The number of carbonyl (C=O) groups is 1. The molecule has 0 saturated heterocycles. The Labute approximate surface area is 171 Å². The molecule has 3 aromatic carbocycles. The highest BCUT2D eigenvalue weighted by Gasteiger charge is 2.23. The molecule has 0 spiro atoms. The van der Waals surface area contributed by atoms with Gasteiger partial charge in [-0.05, 0) is 47.5 Å². The number of carbonyl (C=O) groups excluding carboxylic acids is 1. The van der Waals surface area contributed by atoms with Crippen LogP contribution in [-0.2, 0) is 21.4 Å². The zero-order chi connectivity index (χ0) is 20.9. The predicted octanol–water partition coefficient (Wildman–Crippen LogP) is 3.18. The van der Waals surface area contributed by atoms with E-state index in [1.165, 1.54) is 7.05 Å². The molecule has 0 fully saturated rings. The minimum Gasteiger partial charge on any atom is -0.494 e. The van der Waals surface area contributed by atoms with Crippen molar-refractivity contribution in [1.29, 1.82) is 0 Å². The third-order valence-corrected chi connectivity index (χ3v) is 6.29. The average Bonchev–Trinajstić information content (AvgIpc) is 2.72. The zero-order valence-corrected chi connectivity index (χ0v) is 17.3. The second-order valence-electron chi connectivity index (χ2n) is 6.63. The summed E-state index contributed by atoms with van der Waals surface area (Å²) in [6.07, 6.45) is 0. The van der Waals surface area contributed by atoms with Crippen LogP contribution >= 0.6 is 0 Å². The maximum atomic E-state index is 12.8. The molecule has 0 aliphatic carbocycles. The largest absolute Gasteiger partial charge is 0.494 e. The number of likely N-dealkylation sites (N-methyl/N-ethyl adjacent to an activating group) is 1. The van der Waals surface area contributed by atoms with Crippen molar-refractivity contribution in [3.63, 3.8) is 0 Å². The molecule has 0 unspecified atom stereocenters. The number of benzene rings is 3. The van der Waals surface area contributed by atoms with Gasteiger partial charge in [0, 0.05) is 13.6 Å². The molecular weight excluding hydrogens is 388 g/mol. The SMILES string of the molecule is CCOc1cccc(CNC(=O)CN(C)S(=O)(=O)c2ccc3ccccc3c2)c1. The molecule has 29 heavy (non-hydrogen) atoms. The fourth-order valence-electron chi connectivity index (χ4n) is 2.96. The molecule has 7 heteroatoms. The molecule has 1 N–H and O–H groups in total. The number of hydrogen-bond donors (Lipinski definition) is 1. The lowest BCUT2D eigenvalue weighted by Gasteiger charge is -2.17. The van der Waals surface area contributed by atoms with E-state index in [2.05, 4.69) is 5.32 Å². The summed E-state index contributed by atoms with van der Waals surface area (Å²) in [4.78, 5) is 12.4. The smallest absolute Gasteiger partial charge is 0.243 e. The van der Waals surface area contributed by atoms with Crippen LogP contribution in [0.3, 0.4) is 0 Å². The van der Waals surface area contributed by atoms with Crippen molar-refractivity contribution in [3.05, 3.63) is 72.3 Å². The number of nitrogens with zero attached hydrogens (tertiary/aromatic N) is 1. The van der Waals surface area contributed by atoms with Crippen LogP contribution in [0.4, 0.5) is 0 Å². The standard InChI is InChI=1S/C22H24N2O4S/c1-3-28-20-10-6-7-17(13-20)15-23-22(25)16-24(2)29(26,27)21-12-11-18-8-4-5-9-19(18)14-21/h4-14H,3,15-16H2,1-2H3,(H,23,25). The van der Waals surface area contributed by atoms with Crippen molar-refractivity contribution < 1.29 is 17.9 Å². The molecular formula is C22H24N2O4S. The second-order valence-corrected chi connectivity index (χ2v) is 8.67. The first-order valence-corrected chi connectivity index (χ1v) is 10.8. The van der Waals surface area contributed by atoms with Gasteiger partial charge in [0.15, 0.2) is 0 Å². The molecule has 0 aliphatic heterocycles. The van der Waals surface area contributed by atoms with E-state index in [0.29, 0.717) is 13.2 Å². The first-order valence-electron chi connectivity index (χ1n) is 9.33. The van der Waals surface area contributed by atoms with Crippen LogP contribution < -0.4 is 10.1 Å². The summed E-state index contributed by atoms with van der Waals surface area (Å²) in [6.45, 7) is 2.50. The summed E-state index contributed by atoms with van der Waals surface area (Å²) < 4.78 is 32.2. The lowest BCUT2D eigenvalue weighted by atomic mass is 10.1. The summed E-state index contributed by atoms with van der Waals surface area (Å²) in [7, 11) is -2.37. The van der Waals surface area contributed by atoms with Gasteiger partial charge in [-0.1, -0.05) is 42.5 Å². The van der Waals surface area contributed by atoms with Crippen LogP contribution in [0.2, 0.25) is 0 Å². The Morgan fingerprint density at radius 2 is 1.76 bits per heavy atom. The van der Waals surface area contributed by atoms with Crippen LogP contribution in [0.5, 0.6) is 5.75 Å². The van der Waals surface area contributed by atoms with Gasteiger partial charge in [-0.25, -0.2) is 8.42 Å². The highest BCUT2D eigenvalue weighted by Crippen LogP contribution is 2.21. The van der Waals surface area contributed by atoms with Gasteiger partial charge < -0.3 is 10.1 Å². The molecule has 3 aromatic rings. The zero-order valence-electron chi connectivity index (χ0n) is 16.5. The number of nitrogens with one attached hydrogen (secondary N) is 1. The number of ether oxygens (including phenoxy) is 1. The molecule has 0 aromatic heterocycles. The highest BCUT2D eigenvalue weighted by molar-refractivity contribution is 7.89. The summed E-state index contributed by atoms with van der Waals surface area (Å²) in [5.41, 5.74) is 0.879. The Balaban J connectivity index is 1.64. The number of rotatable bonds is 8. The van der Waals surface area contributed by atoms with Crippen LogP contribution in [0, 0.1) is 0 Å². The van der Waals surface area contributed by atoms with E-state index in [1.807, 2.05) is 55.5 Å². The maximum Gasteiger partial charge on any atom is 0.243 e. The van der Waals surface area contributed by atoms with Crippen LogP contribution in [0.1, 0.15) is 12.5 Å². The third kappa shape index (κ3) is 5.13. The fourth-order valence-corrected chi connectivity index (χ4v) is 4.13. The van der Waals surface area contributed by atoms with Gasteiger partial charge in [-0.15, -0.1) is 0 Å². The van der Waals surface area contributed by atoms with E-state index < -0.39 is 10.0 Å². The predicted molar refractivity (Wildman–Crippen MR) is 113 cm³/mol. The Kier molecular flexibility index (Phi) is 6.51. The summed E-state index contributed by atoms with van der Waals surface area (Å²) in [6, 6.07) is 19.9. The minimum atomic E-state index is -3.77. The molecule has 3 rings (SSSR count). The van der Waals surface area contributed by atoms with E-state index in [1.54, 1.807) is 18.2 Å². The van der Waals surface area contributed by atoms with Crippen molar-refractivity contribution in [1.82, 2.24) is 9.62 Å². The Morgan fingerprint density at radius 3 is 2.52 bits per heavy atom. The normalized spacial score (nSPS) is 11.6. The van der Waals surface area contributed by atoms with E-state index in [-0.39, 0.29) is 17.3 Å². The Bertz CT molecular complexity index is 1110. The summed E-state index contributed by atoms with van der Waals surface area (Å²) in [5.74, 6) is 0.355.